The predicted octanol–water partition coefficient (Wildman–Crippen LogP) is 1.50. The van der Waals surface area contributed by atoms with Crippen molar-refractivity contribution in [1.82, 2.24) is 4.90 Å². The number of rotatable bonds is 1. The minimum atomic E-state index is -0.508. The van der Waals surface area contributed by atoms with E-state index in [1.807, 2.05) is 6.92 Å². The molecule has 0 aromatic carbocycles. The molecule has 17 heavy (non-hydrogen) atoms. The summed E-state index contributed by atoms with van der Waals surface area (Å²) in [6.07, 6.45) is 2.15. The highest BCUT2D eigenvalue weighted by Gasteiger charge is 2.64. The van der Waals surface area contributed by atoms with Gasteiger partial charge in [0, 0.05) is 19.1 Å². The lowest BCUT2D eigenvalue weighted by atomic mass is 9.80. The average Bonchev–Trinajstić information content (AvgIpc) is 2.78. The van der Waals surface area contributed by atoms with Gasteiger partial charge < -0.3 is 9.84 Å². The Morgan fingerprint density at radius 2 is 1.76 bits per heavy atom. The number of ether oxygens (including phenoxy) is 1. The largest absolute Gasteiger partial charge is 0.389 e. The van der Waals surface area contributed by atoms with E-state index in [4.69, 9.17) is 4.74 Å². The molecule has 2 saturated carbocycles. The van der Waals surface area contributed by atoms with E-state index in [1.54, 1.807) is 0 Å². The van der Waals surface area contributed by atoms with Crippen LogP contribution >= 0.6 is 0 Å². The van der Waals surface area contributed by atoms with E-state index in [1.165, 1.54) is 6.42 Å². The lowest BCUT2D eigenvalue weighted by Gasteiger charge is -2.45. The summed E-state index contributed by atoms with van der Waals surface area (Å²) >= 11 is 0. The number of aliphatic hydroxyl groups is 1. The minimum absolute atomic E-state index is 0.342. The Bertz CT molecular complexity index is 307. The third-order valence-corrected chi connectivity index (χ3v) is 5.60. The molecule has 2 aliphatic carbocycles. The molecule has 0 amide bonds. The van der Waals surface area contributed by atoms with Gasteiger partial charge >= 0.3 is 0 Å². The highest BCUT2D eigenvalue weighted by Crippen LogP contribution is 2.66. The Hall–Kier alpha value is -0.120. The van der Waals surface area contributed by atoms with Crippen LogP contribution in [-0.2, 0) is 4.74 Å². The van der Waals surface area contributed by atoms with Crippen LogP contribution in [0.25, 0.3) is 0 Å². The second kappa shape index (κ2) is 3.69. The second-order valence-corrected chi connectivity index (χ2v) is 7.00. The van der Waals surface area contributed by atoms with Gasteiger partial charge in [-0.3, -0.25) is 4.90 Å². The van der Waals surface area contributed by atoms with Crippen molar-refractivity contribution in [2.45, 2.75) is 45.3 Å². The fourth-order valence-corrected chi connectivity index (χ4v) is 4.24. The molecule has 0 spiro atoms. The molecule has 3 fully saturated rings. The van der Waals surface area contributed by atoms with Crippen LogP contribution in [0, 0.1) is 17.3 Å². The van der Waals surface area contributed by atoms with E-state index < -0.39 is 5.60 Å². The van der Waals surface area contributed by atoms with Crippen molar-refractivity contribution in [1.29, 1.82) is 0 Å². The molecule has 0 bridgehead atoms. The Morgan fingerprint density at radius 3 is 2.41 bits per heavy atom. The zero-order chi connectivity index (χ0) is 12.3. The molecule has 1 N–H and O–H groups in total. The molecule has 1 aliphatic heterocycles. The molecule has 3 heteroatoms. The van der Waals surface area contributed by atoms with Gasteiger partial charge in [-0.1, -0.05) is 13.8 Å². The van der Waals surface area contributed by atoms with Gasteiger partial charge in [-0.15, -0.1) is 0 Å². The van der Waals surface area contributed by atoms with Crippen molar-refractivity contribution >= 4 is 0 Å². The first-order valence-corrected chi connectivity index (χ1v) is 6.97. The quantitative estimate of drug-likeness (QED) is 0.753. The fraction of sp³-hybridized carbons (Fsp3) is 1.00. The maximum Gasteiger partial charge on any atom is 0.0777 e. The van der Waals surface area contributed by atoms with Crippen LogP contribution in [0.15, 0.2) is 0 Å². The molecule has 0 aromatic rings. The van der Waals surface area contributed by atoms with E-state index in [-0.39, 0.29) is 0 Å². The molecule has 0 radical (unpaired) electrons. The van der Waals surface area contributed by atoms with Gasteiger partial charge in [0.25, 0.3) is 0 Å². The normalized spacial score (nSPS) is 49.8. The molecule has 3 rings (SSSR count). The summed E-state index contributed by atoms with van der Waals surface area (Å²) in [5.74, 6) is 1.57. The van der Waals surface area contributed by atoms with E-state index in [2.05, 4.69) is 18.7 Å². The van der Waals surface area contributed by atoms with Crippen molar-refractivity contribution in [2.75, 3.05) is 26.3 Å². The highest BCUT2D eigenvalue weighted by atomic mass is 16.5. The van der Waals surface area contributed by atoms with Crippen LogP contribution in [0.4, 0.5) is 0 Å². The molecule has 3 aliphatic rings. The Labute approximate surface area is 104 Å². The van der Waals surface area contributed by atoms with Crippen LogP contribution in [0.1, 0.15) is 33.6 Å². The Balaban J connectivity index is 1.75. The van der Waals surface area contributed by atoms with E-state index in [0.717, 1.165) is 44.6 Å². The van der Waals surface area contributed by atoms with Crippen LogP contribution in [0.3, 0.4) is 0 Å². The van der Waals surface area contributed by atoms with Gasteiger partial charge in [0.2, 0.25) is 0 Å². The van der Waals surface area contributed by atoms with Gasteiger partial charge in [0.05, 0.1) is 18.8 Å². The standard InChI is InChI=1S/C14H25NO2/c1-13(2)10-8-12(14(3,16)9-11(10)13)15-4-6-17-7-5-15/h10-12,16H,4-9H2,1-3H3/t10-,11+,12+,14+/m0/s1. The first kappa shape index (κ1) is 11.9. The second-order valence-electron chi connectivity index (χ2n) is 7.00. The average molecular weight is 239 g/mol. The fourth-order valence-electron chi connectivity index (χ4n) is 4.24. The number of fused-ring (bicyclic) bond motifs is 1. The van der Waals surface area contributed by atoms with E-state index in [0.29, 0.717) is 11.5 Å². The van der Waals surface area contributed by atoms with Crippen molar-refractivity contribution in [2.24, 2.45) is 17.3 Å². The molecule has 3 nitrogen and oxygen atoms in total. The molecule has 4 atom stereocenters. The van der Waals surface area contributed by atoms with Crippen molar-refractivity contribution in [3.8, 4) is 0 Å². The molecular formula is C14H25NO2. The SMILES string of the molecule is CC1(C)[C@@H]2C[C@@](C)(O)[C@H](N3CCOCC3)C[C@@H]21. The van der Waals surface area contributed by atoms with Gasteiger partial charge in [0.15, 0.2) is 0 Å². The van der Waals surface area contributed by atoms with Crippen molar-refractivity contribution < 1.29 is 9.84 Å². The first-order valence-electron chi connectivity index (χ1n) is 6.97. The summed E-state index contributed by atoms with van der Waals surface area (Å²) < 4.78 is 5.41. The summed E-state index contributed by atoms with van der Waals surface area (Å²) in [6.45, 7) is 10.4. The van der Waals surface area contributed by atoms with Gasteiger partial charge in [-0.25, -0.2) is 0 Å². The summed E-state index contributed by atoms with van der Waals surface area (Å²) in [7, 11) is 0. The maximum atomic E-state index is 10.7. The zero-order valence-corrected chi connectivity index (χ0v) is 11.3. The third kappa shape index (κ3) is 1.83. The summed E-state index contributed by atoms with van der Waals surface area (Å²) in [5.41, 5.74) is -0.0443. The Morgan fingerprint density at radius 1 is 1.12 bits per heavy atom. The molecule has 0 aromatic heterocycles. The predicted molar refractivity (Wildman–Crippen MR) is 66.8 cm³/mol. The summed E-state index contributed by atoms with van der Waals surface area (Å²) in [5, 5.41) is 10.7. The van der Waals surface area contributed by atoms with Crippen molar-refractivity contribution in [3.05, 3.63) is 0 Å². The minimum Gasteiger partial charge on any atom is -0.389 e. The smallest absolute Gasteiger partial charge is 0.0777 e. The van der Waals surface area contributed by atoms with Gasteiger partial charge in [0.1, 0.15) is 0 Å². The number of hydrogen-bond donors (Lipinski definition) is 1. The molecule has 1 heterocycles. The van der Waals surface area contributed by atoms with Crippen molar-refractivity contribution in [3.63, 3.8) is 0 Å². The molecule has 0 unspecified atom stereocenters. The topological polar surface area (TPSA) is 32.7 Å². The van der Waals surface area contributed by atoms with E-state index in [9.17, 15) is 5.11 Å². The molecule has 1 saturated heterocycles. The number of nitrogens with zero attached hydrogens (tertiary/aromatic N) is 1. The monoisotopic (exact) mass is 239 g/mol. The molecule has 98 valence electrons. The zero-order valence-electron chi connectivity index (χ0n) is 11.3. The Kier molecular flexibility index (Phi) is 2.59. The molecular weight excluding hydrogens is 214 g/mol. The van der Waals surface area contributed by atoms with Crippen LogP contribution in [0.5, 0.6) is 0 Å². The summed E-state index contributed by atoms with van der Waals surface area (Å²) in [6, 6.07) is 0.342. The maximum absolute atomic E-state index is 10.7. The lowest BCUT2D eigenvalue weighted by Crippen LogP contribution is -2.56. The highest BCUT2D eigenvalue weighted by molar-refractivity contribution is 5.14. The first-order chi connectivity index (χ1) is 7.93. The number of morpholine rings is 1. The summed E-state index contributed by atoms with van der Waals surface area (Å²) in [4.78, 5) is 2.45. The lowest BCUT2D eigenvalue weighted by molar-refractivity contribution is -0.0890. The van der Waals surface area contributed by atoms with E-state index >= 15 is 0 Å². The van der Waals surface area contributed by atoms with Crippen LogP contribution in [0.2, 0.25) is 0 Å². The van der Waals surface area contributed by atoms with Crippen LogP contribution < -0.4 is 0 Å². The third-order valence-electron chi connectivity index (χ3n) is 5.60. The van der Waals surface area contributed by atoms with Gasteiger partial charge in [-0.2, -0.15) is 0 Å². The van der Waals surface area contributed by atoms with Crippen LogP contribution in [-0.4, -0.2) is 48.0 Å². The van der Waals surface area contributed by atoms with Gasteiger partial charge in [-0.05, 0) is 37.0 Å². The number of hydrogen-bond acceptors (Lipinski definition) is 3.